The predicted octanol–water partition coefficient (Wildman–Crippen LogP) is 5.23. The van der Waals surface area contributed by atoms with Crippen LogP contribution in [0.25, 0.3) is 0 Å². The maximum Gasteiger partial charge on any atom is 0.289 e. The van der Waals surface area contributed by atoms with E-state index in [0.717, 1.165) is 48.3 Å². The maximum absolute atomic E-state index is 12.6. The Bertz CT molecular complexity index is 1520. The van der Waals surface area contributed by atoms with Crippen molar-refractivity contribution in [2.75, 3.05) is 16.8 Å². The number of fused-ring (bicyclic) bond motifs is 2. The van der Waals surface area contributed by atoms with Crippen LogP contribution in [0.4, 0.5) is 5.13 Å². The summed E-state index contributed by atoms with van der Waals surface area (Å²) in [6, 6.07) is 11.3. The number of halogens is 2. The highest BCUT2D eigenvalue weighted by atomic mass is 79.9. The summed E-state index contributed by atoms with van der Waals surface area (Å²) in [5.74, 6) is 2.19. The van der Waals surface area contributed by atoms with Crippen molar-refractivity contribution in [1.82, 2.24) is 10.2 Å². The Hall–Kier alpha value is -2.46. The highest BCUT2D eigenvalue weighted by molar-refractivity contribution is 9.10. The van der Waals surface area contributed by atoms with Gasteiger partial charge in [-0.25, -0.2) is 0 Å². The summed E-state index contributed by atoms with van der Waals surface area (Å²) in [6.45, 7) is 0. The Morgan fingerprint density at radius 1 is 1.05 bits per heavy atom. The van der Waals surface area contributed by atoms with E-state index in [0.29, 0.717) is 47.4 Å². The molecule has 1 aromatic heterocycles. The Morgan fingerprint density at radius 2 is 1.71 bits per heavy atom. The number of aryl methyl sites for hydroxylation is 1. The molecule has 2 aliphatic rings. The molecule has 3 heterocycles. The zero-order valence-electron chi connectivity index (χ0n) is 21.4. The van der Waals surface area contributed by atoms with Gasteiger partial charge in [-0.3, -0.25) is 20.3 Å². The molecule has 0 radical (unpaired) electrons. The first-order valence-corrected chi connectivity index (χ1v) is 16.9. The molecule has 0 spiro atoms. The van der Waals surface area contributed by atoms with E-state index in [1.54, 1.807) is 11.8 Å². The van der Waals surface area contributed by atoms with Crippen LogP contribution >= 0.6 is 66.7 Å². The molecule has 10 nitrogen and oxygen atoms in total. The number of carbonyl (C=O) groups is 2. The minimum atomic E-state index is -0.701. The largest absolute Gasteiger partial charge is 0.480 e. The number of carbonyl (C=O) groups excluding carboxylic acids is 2. The summed E-state index contributed by atoms with van der Waals surface area (Å²) in [6.07, 6.45) is 0.837. The van der Waals surface area contributed by atoms with Crippen LogP contribution in [-0.4, -0.2) is 55.9 Å². The van der Waals surface area contributed by atoms with E-state index < -0.39 is 18.1 Å². The van der Waals surface area contributed by atoms with Crippen LogP contribution in [0.5, 0.6) is 11.5 Å². The topological polar surface area (TPSA) is 153 Å². The second-order valence-corrected chi connectivity index (χ2v) is 14.3. The van der Waals surface area contributed by atoms with Gasteiger partial charge in [0, 0.05) is 34.6 Å². The lowest BCUT2D eigenvalue weighted by molar-refractivity contribution is -0.123. The van der Waals surface area contributed by atoms with E-state index in [1.165, 1.54) is 11.3 Å². The van der Waals surface area contributed by atoms with Crippen LogP contribution in [0, 0.1) is 5.41 Å². The van der Waals surface area contributed by atoms with Crippen LogP contribution < -0.4 is 20.5 Å². The first kappa shape index (κ1) is 30.0. The second kappa shape index (κ2) is 13.7. The standard InChI is InChI=1S/C26H24Br2N6O4S3/c27-15-1-3-17-13(9-15)11-19(37-17)23(35)31-25(30)40-21(29)5-7-39-8-6-22-33-34-26(41-22)32-24(36)20-12-14-10-16(28)2-4-18(14)38-20/h1-4,9-10,19-20,29H,5-8,11-12H2,(H2,30,31,35)(H,32,34,36). The molecule has 0 saturated heterocycles. The van der Waals surface area contributed by atoms with Gasteiger partial charge in [0.05, 0.1) is 5.04 Å². The normalized spacial score (nSPS) is 17.4. The fourth-order valence-electron chi connectivity index (χ4n) is 4.12. The van der Waals surface area contributed by atoms with Gasteiger partial charge in [-0.05, 0) is 70.8 Å². The molecule has 0 fully saturated rings. The number of nitrogens with zero attached hydrogens (tertiary/aromatic N) is 3. The Balaban J connectivity index is 0.971. The van der Waals surface area contributed by atoms with E-state index >= 15 is 0 Å². The summed E-state index contributed by atoms with van der Waals surface area (Å²) in [4.78, 5) is 29.0. The third kappa shape index (κ3) is 8.09. The summed E-state index contributed by atoms with van der Waals surface area (Å²) >= 11 is 10.8. The van der Waals surface area contributed by atoms with Gasteiger partial charge in [-0.15, -0.1) is 10.2 Å². The summed E-state index contributed by atoms with van der Waals surface area (Å²) < 4.78 is 13.3. The van der Waals surface area contributed by atoms with Gasteiger partial charge in [0.2, 0.25) is 5.13 Å². The summed E-state index contributed by atoms with van der Waals surface area (Å²) in [5.41, 5.74) is 7.84. The number of anilines is 1. The zero-order chi connectivity index (χ0) is 28.9. The van der Waals surface area contributed by atoms with Gasteiger partial charge in [-0.1, -0.05) is 43.2 Å². The average molecular weight is 741 g/mol. The fraction of sp³-hybridized carbons (Fsp3) is 0.308. The van der Waals surface area contributed by atoms with Crippen molar-refractivity contribution >= 4 is 93.9 Å². The Kier molecular flexibility index (Phi) is 10.0. The number of rotatable bonds is 9. The molecule has 2 aromatic carbocycles. The minimum Gasteiger partial charge on any atom is -0.480 e. The van der Waals surface area contributed by atoms with Crippen molar-refractivity contribution in [3.63, 3.8) is 0 Å². The lowest BCUT2D eigenvalue weighted by atomic mass is 10.1. The highest BCUT2D eigenvalue weighted by Gasteiger charge is 2.30. The van der Waals surface area contributed by atoms with Crippen LogP contribution in [-0.2, 0) is 28.9 Å². The highest BCUT2D eigenvalue weighted by Crippen LogP contribution is 2.33. The number of amides is 2. The lowest BCUT2D eigenvalue weighted by Gasteiger charge is -2.08. The average Bonchev–Trinajstić information content (AvgIpc) is 3.66. The number of nitrogens with one attached hydrogen (secondary N) is 2. The molecule has 2 unspecified atom stereocenters. The molecule has 15 heteroatoms. The van der Waals surface area contributed by atoms with Crippen molar-refractivity contribution < 1.29 is 19.1 Å². The van der Waals surface area contributed by atoms with E-state index in [4.69, 9.17) is 20.6 Å². The van der Waals surface area contributed by atoms with Gasteiger partial charge in [0.1, 0.15) is 16.5 Å². The molecule has 0 saturated carbocycles. The molecule has 0 aliphatic carbocycles. The van der Waals surface area contributed by atoms with E-state index in [-0.39, 0.29) is 11.1 Å². The fourth-order valence-corrected chi connectivity index (χ4v) is 7.42. The Morgan fingerprint density at radius 3 is 2.41 bits per heavy atom. The summed E-state index contributed by atoms with van der Waals surface area (Å²) in [5, 5.41) is 20.8. The molecule has 3 aromatic rings. The van der Waals surface area contributed by atoms with Gasteiger partial charge >= 0.3 is 0 Å². The minimum absolute atomic E-state index is 0.0360. The van der Waals surface area contributed by atoms with Crippen molar-refractivity contribution in [2.45, 2.75) is 37.9 Å². The molecule has 4 N–H and O–H groups in total. The van der Waals surface area contributed by atoms with Crippen molar-refractivity contribution in [2.24, 2.45) is 10.7 Å². The smallest absolute Gasteiger partial charge is 0.289 e. The predicted molar refractivity (Wildman–Crippen MR) is 171 cm³/mol. The molecular formula is C26H24Br2N6O4S3. The molecule has 2 aliphatic heterocycles. The van der Waals surface area contributed by atoms with Crippen LogP contribution in [0.3, 0.4) is 0 Å². The monoisotopic (exact) mass is 738 g/mol. The van der Waals surface area contributed by atoms with E-state index in [1.807, 2.05) is 36.4 Å². The van der Waals surface area contributed by atoms with Crippen molar-refractivity contribution in [3.05, 3.63) is 61.5 Å². The SMILES string of the molecule is N=C(CCSCCc1nnc(NC(=O)C2Cc3cc(Br)ccc3O2)s1)SC(N)=NC(=O)C1Cc2cc(Br)ccc2O1. The maximum atomic E-state index is 12.6. The lowest BCUT2D eigenvalue weighted by Crippen LogP contribution is -2.31. The molecule has 2 amide bonds. The molecule has 41 heavy (non-hydrogen) atoms. The van der Waals surface area contributed by atoms with Crippen LogP contribution in [0.1, 0.15) is 22.6 Å². The van der Waals surface area contributed by atoms with E-state index in [9.17, 15) is 9.59 Å². The molecule has 214 valence electrons. The van der Waals surface area contributed by atoms with Crippen LogP contribution in [0.15, 0.2) is 50.3 Å². The van der Waals surface area contributed by atoms with Gasteiger partial charge in [-0.2, -0.15) is 16.8 Å². The molecule has 0 bridgehead atoms. The Labute approximate surface area is 265 Å². The third-order valence-electron chi connectivity index (χ3n) is 6.04. The van der Waals surface area contributed by atoms with E-state index in [2.05, 4.69) is 52.4 Å². The number of nitrogens with two attached hydrogens (primary N) is 1. The number of amidine groups is 1. The van der Waals surface area contributed by atoms with Gasteiger partial charge in [0.25, 0.3) is 11.8 Å². The van der Waals surface area contributed by atoms with Crippen molar-refractivity contribution in [1.29, 1.82) is 5.41 Å². The molecule has 2 atom stereocenters. The number of thioether (sulfide) groups is 2. The number of aromatic nitrogens is 2. The number of aliphatic imine (C=N–C) groups is 1. The first-order chi connectivity index (χ1) is 19.7. The number of hydrogen-bond donors (Lipinski definition) is 3. The molecule has 5 rings (SSSR count). The molecular weight excluding hydrogens is 716 g/mol. The van der Waals surface area contributed by atoms with Crippen LogP contribution in [0.2, 0.25) is 0 Å². The number of hydrogen-bond acceptors (Lipinski definition) is 10. The zero-order valence-corrected chi connectivity index (χ0v) is 27.0. The second-order valence-electron chi connectivity index (χ2n) is 9.04. The van der Waals surface area contributed by atoms with Crippen molar-refractivity contribution in [3.8, 4) is 11.5 Å². The van der Waals surface area contributed by atoms with Gasteiger partial charge in [0.15, 0.2) is 17.4 Å². The third-order valence-corrected chi connectivity index (χ3v) is 9.66. The van der Waals surface area contributed by atoms with Gasteiger partial charge < -0.3 is 15.2 Å². The number of benzene rings is 2. The first-order valence-electron chi connectivity index (χ1n) is 12.5. The quantitative estimate of drug-likeness (QED) is 0.152. The summed E-state index contributed by atoms with van der Waals surface area (Å²) in [7, 11) is 0. The number of ether oxygens (including phenoxy) is 2.